The number of carbonyl (C=O) groups excluding carboxylic acids is 2. The van der Waals surface area contributed by atoms with Crippen molar-refractivity contribution in [1.29, 1.82) is 0 Å². The molecule has 30 heavy (non-hydrogen) atoms. The molecule has 1 fully saturated rings. The van der Waals surface area contributed by atoms with E-state index in [0.29, 0.717) is 12.0 Å². The number of nitrogens with zero attached hydrogens (tertiary/aromatic N) is 3. The molecule has 1 saturated heterocycles. The van der Waals surface area contributed by atoms with Crippen LogP contribution >= 0.6 is 0 Å². The number of amides is 2. The normalized spacial score (nSPS) is 13.9. The zero-order valence-corrected chi connectivity index (χ0v) is 16.8. The summed E-state index contributed by atoms with van der Waals surface area (Å²) in [6.45, 7) is 1.33. The summed E-state index contributed by atoms with van der Waals surface area (Å²) in [5.74, 6) is 0.436. The molecule has 0 radical (unpaired) electrons. The second-order valence-corrected chi connectivity index (χ2v) is 6.71. The van der Waals surface area contributed by atoms with Crippen molar-refractivity contribution in [3.8, 4) is 11.5 Å². The van der Waals surface area contributed by atoms with E-state index in [9.17, 15) is 18.4 Å². The molecule has 2 aromatic rings. The molecule has 0 aliphatic carbocycles. The number of alkyl halides is 2. The molecule has 1 N–H and O–H groups in total. The van der Waals surface area contributed by atoms with Crippen LogP contribution in [-0.4, -0.2) is 49.5 Å². The largest absolute Gasteiger partial charge is 0.489 e. The summed E-state index contributed by atoms with van der Waals surface area (Å²) in [5, 5.41) is 4.45. The van der Waals surface area contributed by atoms with E-state index in [-0.39, 0.29) is 24.0 Å². The van der Waals surface area contributed by atoms with Crippen molar-refractivity contribution in [2.75, 3.05) is 25.8 Å². The lowest BCUT2D eigenvalue weighted by Crippen LogP contribution is -2.42. The molecule has 8 nitrogen and oxygen atoms in total. The van der Waals surface area contributed by atoms with Crippen LogP contribution in [0.5, 0.6) is 11.5 Å². The Bertz CT molecular complexity index is 941. The minimum absolute atomic E-state index is 0.0475. The van der Waals surface area contributed by atoms with Gasteiger partial charge in [0.15, 0.2) is 6.29 Å². The average molecular weight is 420 g/mol. The van der Waals surface area contributed by atoms with Crippen molar-refractivity contribution in [3.05, 3.63) is 53.1 Å². The Hall–Kier alpha value is -3.40. The number of benzene rings is 2. The number of anilines is 1. The van der Waals surface area contributed by atoms with Gasteiger partial charge >= 0.3 is 6.03 Å². The molecule has 0 spiro atoms. The van der Waals surface area contributed by atoms with Crippen LogP contribution in [0.1, 0.15) is 21.5 Å². The summed E-state index contributed by atoms with van der Waals surface area (Å²) in [4.78, 5) is 23.0. The van der Waals surface area contributed by atoms with Crippen LogP contribution in [0.15, 0.2) is 36.4 Å². The second kappa shape index (κ2) is 8.95. The van der Waals surface area contributed by atoms with Gasteiger partial charge in [-0.1, -0.05) is 12.1 Å². The Morgan fingerprint density at radius 3 is 2.50 bits per heavy atom. The Morgan fingerprint density at radius 2 is 1.90 bits per heavy atom. The molecule has 0 unspecified atom stereocenters. The lowest BCUT2D eigenvalue weighted by Gasteiger charge is -2.25. The highest BCUT2D eigenvalue weighted by molar-refractivity contribution is 5.80. The fourth-order valence-electron chi connectivity index (χ4n) is 2.96. The molecule has 1 aliphatic heterocycles. The Labute approximate surface area is 172 Å². The molecule has 1 aliphatic rings. The molecule has 0 saturated carbocycles. The van der Waals surface area contributed by atoms with Crippen molar-refractivity contribution in [2.24, 2.45) is 0 Å². The molecule has 0 atom stereocenters. The fourth-order valence-corrected chi connectivity index (χ4v) is 2.96. The van der Waals surface area contributed by atoms with Crippen LogP contribution in [0.3, 0.4) is 0 Å². The van der Waals surface area contributed by atoms with Crippen LogP contribution in [0.25, 0.3) is 0 Å². The molecular formula is C20H22F2N4O4. The third-order valence-electron chi connectivity index (χ3n) is 4.48. The van der Waals surface area contributed by atoms with Gasteiger partial charge < -0.3 is 9.47 Å². The van der Waals surface area contributed by atoms with Crippen molar-refractivity contribution in [1.82, 2.24) is 15.6 Å². The number of halogens is 2. The number of rotatable bonds is 8. The number of carbonyl (C=O) groups is 2. The van der Waals surface area contributed by atoms with Gasteiger partial charge in [-0.05, 0) is 36.2 Å². The molecule has 2 amide bonds. The molecule has 0 bridgehead atoms. The molecule has 10 heteroatoms. The average Bonchev–Trinajstić information content (AvgIpc) is 2.98. The Balaban J connectivity index is 1.69. The highest BCUT2D eigenvalue weighted by Gasteiger charge is 2.31. The maximum atomic E-state index is 12.4. The van der Waals surface area contributed by atoms with Gasteiger partial charge in [0.1, 0.15) is 24.7 Å². The Morgan fingerprint density at radius 1 is 1.13 bits per heavy atom. The summed E-state index contributed by atoms with van der Waals surface area (Å²) < 4.78 is 35.5. The van der Waals surface area contributed by atoms with Crippen LogP contribution in [0, 0.1) is 6.92 Å². The van der Waals surface area contributed by atoms with Gasteiger partial charge in [0.05, 0.1) is 11.3 Å². The number of hydrazine groups is 3. The highest BCUT2D eigenvalue weighted by atomic mass is 19.3. The smallest absolute Gasteiger partial charge is 0.355 e. The number of hydrogen-bond donors (Lipinski definition) is 1. The van der Waals surface area contributed by atoms with E-state index >= 15 is 0 Å². The van der Waals surface area contributed by atoms with Crippen molar-refractivity contribution >= 4 is 18.0 Å². The van der Waals surface area contributed by atoms with E-state index in [2.05, 4.69) is 5.53 Å². The van der Waals surface area contributed by atoms with Crippen LogP contribution in [0.4, 0.5) is 19.3 Å². The van der Waals surface area contributed by atoms with Gasteiger partial charge in [0.25, 0.3) is 6.43 Å². The first-order valence-electron chi connectivity index (χ1n) is 9.10. The highest BCUT2D eigenvalue weighted by Crippen LogP contribution is 2.27. The number of ether oxygens (including phenoxy) is 2. The van der Waals surface area contributed by atoms with E-state index in [1.807, 2.05) is 25.1 Å². The minimum atomic E-state index is -2.64. The first kappa shape index (κ1) is 21.3. The number of hydrogen-bond acceptors (Lipinski definition) is 6. The lowest BCUT2D eigenvalue weighted by atomic mass is 10.1. The van der Waals surface area contributed by atoms with Gasteiger partial charge in [-0.15, -0.1) is 5.53 Å². The molecule has 2 aromatic carbocycles. The van der Waals surface area contributed by atoms with Gasteiger partial charge in [-0.25, -0.2) is 23.6 Å². The van der Waals surface area contributed by atoms with Crippen LogP contribution < -0.4 is 20.1 Å². The van der Waals surface area contributed by atoms with E-state index in [1.165, 1.54) is 22.2 Å². The summed E-state index contributed by atoms with van der Waals surface area (Å²) in [5.41, 5.74) is 5.70. The first-order chi connectivity index (χ1) is 14.3. The summed E-state index contributed by atoms with van der Waals surface area (Å²) in [6.07, 6.45) is -2.10. The van der Waals surface area contributed by atoms with Gasteiger partial charge in [0.2, 0.25) is 0 Å². The number of aldehydes is 1. The van der Waals surface area contributed by atoms with E-state index in [1.54, 1.807) is 25.3 Å². The summed E-state index contributed by atoms with van der Waals surface area (Å²) >= 11 is 0. The topological polar surface area (TPSA) is 74.4 Å². The van der Waals surface area contributed by atoms with Crippen LogP contribution in [0.2, 0.25) is 0 Å². The van der Waals surface area contributed by atoms with Crippen molar-refractivity contribution < 1.29 is 27.8 Å². The van der Waals surface area contributed by atoms with Gasteiger partial charge in [-0.2, -0.15) is 5.12 Å². The fraction of sp³-hybridized carbons (Fsp3) is 0.300. The standard InChI is InChI=1S/C20H22F2N4O4/c1-13-8-14(4-7-17(13)26-23-24(2)20(28)25(26)3)11-29-16-6-5-15(10-27)18(9-16)30-12-19(21)22/h4-10,19,23H,11-12H2,1-3H3. The third kappa shape index (κ3) is 4.60. The Kier molecular flexibility index (Phi) is 6.36. The molecule has 1 heterocycles. The summed E-state index contributed by atoms with van der Waals surface area (Å²) in [6, 6.07) is 9.89. The third-order valence-corrected chi connectivity index (χ3v) is 4.48. The maximum absolute atomic E-state index is 12.4. The zero-order valence-electron chi connectivity index (χ0n) is 16.8. The van der Waals surface area contributed by atoms with E-state index in [4.69, 9.17) is 9.47 Å². The van der Waals surface area contributed by atoms with Crippen molar-refractivity contribution in [3.63, 3.8) is 0 Å². The maximum Gasteiger partial charge on any atom is 0.355 e. The SMILES string of the molecule is Cc1cc(COc2ccc(C=O)c(OCC(F)F)c2)ccc1N1NN(C)C(=O)N1C. The molecule has 3 rings (SSSR count). The number of nitrogens with one attached hydrogen (secondary N) is 1. The monoisotopic (exact) mass is 420 g/mol. The van der Waals surface area contributed by atoms with E-state index < -0.39 is 13.0 Å². The quantitative estimate of drug-likeness (QED) is 0.662. The molecule has 0 aromatic heterocycles. The van der Waals surface area contributed by atoms with Crippen molar-refractivity contribution in [2.45, 2.75) is 20.0 Å². The molecule has 160 valence electrons. The molecular weight excluding hydrogens is 398 g/mol. The number of aryl methyl sites for hydroxylation is 1. The van der Waals surface area contributed by atoms with Crippen LogP contribution in [-0.2, 0) is 6.61 Å². The minimum Gasteiger partial charge on any atom is -0.489 e. The van der Waals surface area contributed by atoms with Gasteiger partial charge in [0, 0.05) is 20.2 Å². The predicted molar refractivity (Wildman–Crippen MR) is 105 cm³/mol. The predicted octanol–water partition coefficient (Wildman–Crippen LogP) is 3.17. The zero-order chi connectivity index (χ0) is 21.8. The first-order valence-corrected chi connectivity index (χ1v) is 9.10. The number of urea groups is 1. The lowest BCUT2D eigenvalue weighted by molar-refractivity contribution is 0.0807. The summed E-state index contributed by atoms with van der Waals surface area (Å²) in [7, 11) is 3.29. The second-order valence-electron chi connectivity index (χ2n) is 6.71. The van der Waals surface area contributed by atoms with Gasteiger partial charge in [-0.3, -0.25) is 4.79 Å². The van der Waals surface area contributed by atoms with E-state index in [0.717, 1.165) is 16.8 Å².